The van der Waals surface area contributed by atoms with Crippen molar-refractivity contribution in [2.45, 2.75) is 20.1 Å². The minimum atomic E-state index is -0.795. The number of carbonyl (C=O) groups is 3. The second-order valence-corrected chi connectivity index (χ2v) is 8.40. The van der Waals surface area contributed by atoms with E-state index in [1.54, 1.807) is 30.3 Å². The molecule has 0 aliphatic carbocycles. The van der Waals surface area contributed by atoms with Gasteiger partial charge in [0.15, 0.2) is 11.5 Å². The number of barbiturate groups is 1. The molecule has 0 spiro atoms. The highest BCUT2D eigenvalue weighted by molar-refractivity contribution is 6.30. The van der Waals surface area contributed by atoms with Crippen molar-refractivity contribution < 1.29 is 28.3 Å². The number of imide groups is 2. The van der Waals surface area contributed by atoms with Crippen LogP contribution in [0.1, 0.15) is 23.8 Å². The summed E-state index contributed by atoms with van der Waals surface area (Å²) in [6.07, 6.45) is 2.87. The van der Waals surface area contributed by atoms with E-state index in [2.05, 4.69) is 29.6 Å². The highest BCUT2D eigenvalue weighted by Crippen LogP contribution is 2.31. The summed E-state index contributed by atoms with van der Waals surface area (Å²) < 4.78 is 17.1. The minimum absolute atomic E-state index is 0.0893. The van der Waals surface area contributed by atoms with Crippen LogP contribution < -0.4 is 14.8 Å². The Morgan fingerprint density at radius 2 is 1.73 bits per heavy atom. The van der Waals surface area contributed by atoms with Crippen LogP contribution in [0.15, 0.2) is 89.0 Å². The predicted octanol–water partition coefficient (Wildman–Crippen LogP) is 5.07. The van der Waals surface area contributed by atoms with E-state index in [4.69, 9.17) is 13.9 Å². The highest BCUT2D eigenvalue weighted by Gasteiger charge is 2.36. The average Bonchev–Trinajstić information content (AvgIpc) is 3.42. The summed E-state index contributed by atoms with van der Waals surface area (Å²) in [5, 5.41) is 4.49. The summed E-state index contributed by atoms with van der Waals surface area (Å²) in [6.45, 7) is 2.51. The summed E-state index contributed by atoms with van der Waals surface area (Å²) in [6, 6.07) is 21.9. The lowest BCUT2D eigenvalue weighted by molar-refractivity contribution is -0.130. The van der Waals surface area contributed by atoms with Gasteiger partial charge in [-0.1, -0.05) is 42.5 Å². The quantitative estimate of drug-likeness (QED) is 0.270. The van der Waals surface area contributed by atoms with E-state index < -0.39 is 17.8 Å². The van der Waals surface area contributed by atoms with Crippen molar-refractivity contribution in [3.63, 3.8) is 0 Å². The lowest BCUT2D eigenvalue weighted by Crippen LogP contribution is -2.53. The number of ether oxygens (including phenoxy) is 2. The summed E-state index contributed by atoms with van der Waals surface area (Å²) in [5.41, 5.74) is 1.39. The van der Waals surface area contributed by atoms with Gasteiger partial charge >= 0.3 is 6.03 Å². The van der Waals surface area contributed by atoms with E-state index in [9.17, 15) is 14.4 Å². The van der Waals surface area contributed by atoms with Crippen LogP contribution in [-0.2, 0) is 22.7 Å². The molecular formula is C29H24N2O6. The van der Waals surface area contributed by atoms with Gasteiger partial charge in [-0.2, -0.15) is 0 Å². The maximum Gasteiger partial charge on any atom is 0.331 e. The van der Waals surface area contributed by atoms with Crippen LogP contribution in [-0.4, -0.2) is 29.4 Å². The van der Waals surface area contributed by atoms with Crippen LogP contribution >= 0.6 is 0 Å². The topological polar surface area (TPSA) is 98.1 Å². The molecule has 1 N–H and O–H groups in total. The smallest absolute Gasteiger partial charge is 0.331 e. The molecule has 2 heterocycles. The number of amides is 4. The zero-order valence-electron chi connectivity index (χ0n) is 20.1. The first-order chi connectivity index (χ1) is 18.0. The minimum Gasteiger partial charge on any atom is -0.490 e. The number of benzene rings is 3. The van der Waals surface area contributed by atoms with Crippen LogP contribution in [0.25, 0.3) is 16.8 Å². The molecule has 186 valence electrons. The van der Waals surface area contributed by atoms with E-state index in [1.165, 1.54) is 12.3 Å². The second kappa shape index (κ2) is 10.4. The maximum atomic E-state index is 13.0. The van der Waals surface area contributed by atoms with Crippen molar-refractivity contribution in [3.05, 3.63) is 102 Å². The number of nitrogens with one attached hydrogen (secondary N) is 1. The van der Waals surface area contributed by atoms with E-state index >= 15 is 0 Å². The maximum absolute atomic E-state index is 13.0. The molecule has 1 aliphatic heterocycles. The molecule has 0 unspecified atom stereocenters. The predicted molar refractivity (Wildman–Crippen MR) is 137 cm³/mol. The van der Waals surface area contributed by atoms with Gasteiger partial charge in [-0.15, -0.1) is 0 Å². The Morgan fingerprint density at radius 3 is 2.51 bits per heavy atom. The van der Waals surface area contributed by atoms with Crippen molar-refractivity contribution in [2.24, 2.45) is 0 Å². The number of rotatable bonds is 8. The highest BCUT2D eigenvalue weighted by atomic mass is 16.5. The van der Waals surface area contributed by atoms with Crippen LogP contribution in [0, 0.1) is 0 Å². The molecule has 8 nitrogen and oxygen atoms in total. The largest absolute Gasteiger partial charge is 0.490 e. The van der Waals surface area contributed by atoms with Crippen molar-refractivity contribution >= 4 is 34.7 Å². The van der Waals surface area contributed by atoms with Crippen LogP contribution in [0.5, 0.6) is 11.5 Å². The molecule has 4 amide bonds. The number of carbonyl (C=O) groups excluding carboxylic acids is 3. The van der Waals surface area contributed by atoms with Gasteiger partial charge < -0.3 is 13.9 Å². The molecule has 1 aliphatic rings. The molecule has 3 aromatic carbocycles. The zero-order chi connectivity index (χ0) is 25.8. The van der Waals surface area contributed by atoms with E-state index in [-0.39, 0.29) is 12.1 Å². The van der Waals surface area contributed by atoms with Crippen molar-refractivity contribution in [1.29, 1.82) is 0 Å². The lowest BCUT2D eigenvalue weighted by atomic mass is 10.1. The van der Waals surface area contributed by atoms with Gasteiger partial charge in [-0.25, -0.2) is 4.79 Å². The Hall–Kier alpha value is -4.85. The second-order valence-electron chi connectivity index (χ2n) is 8.40. The third-order valence-electron chi connectivity index (χ3n) is 5.87. The standard InChI is InChI=1S/C29H24N2O6/c1-2-35-26-16-19(10-12-25(26)37-18-20-9-11-21-6-3-4-7-22(21)14-20)15-24-27(32)30-29(34)31(28(24)33)17-23-8-5-13-36-23/h3-16H,2,17-18H2,1H3,(H,30,32,34). The number of hydrogen-bond donors (Lipinski definition) is 1. The van der Waals surface area contributed by atoms with E-state index in [0.717, 1.165) is 21.2 Å². The molecule has 0 atom stereocenters. The van der Waals surface area contributed by atoms with Gasteiger partial charge in [-0.3, -0.25) is 19.8 Å². The number of furan rings is 1. The number of nitrogens with zero attached hydrogens (tertiary/aromatic N) is 1. The molecule has 1 fully saturated rings. The third kappa shape index (κ3) is 5.23. The SMILES string of the molecule is CCOc1cc(C=C2C(=O)NC(=O)N(Cc3ccco3)C2=O)ccc1OCc1ccc2ccccc2c1. The van der Waals surface area contributed by atoms with Crippen molar-refractivity contribution in [2.75, 3.05) is 6.61 Å². The Balaban J connectivity index is 1.36. The number of urea groups is 1. The number of fused-ring (bicyclic) bond motifs is 1. The first kappa shape index (κ1) is 23.9. The van der Waals surface area contributed by atoms with Crippen molar-refractivity contribution in [3.8, 4) is 11.5 Å². The van der Waals surface area contributed by atoms with Crippen molar-refractivity contribution in [1.82, 2.24) is 10.2 Å². The first-order valence-corrected chi connectivity index (χ1v) is 11.8. The molecular weight excluding hydrogens is 472 g/mol. The monoisotopic (exact) mass is 496 g/mol. The lowest BCUT2D eigenvalue weighted by Gasteiger charge is -2.25. The Morgan fingerprint density at radius 1 is 0.892 bits per heavy atom. The molecule has 4 aromatic rings. The summed E-state index contributed by atoms with van der Waals surface area (Å²) in [5.74, 6) is -0.0419. The Bertz CT molecular complexity index is 1510. The van der Waals surface area contributed by atoms with Gasteiger partial charge in [0.05, 0.1) is 19.4 Å². The van der Waals surface area contributed by atoms with Gasteiger partial charge in [-0.05, 0) is 65.2 Å². The Labute approximate surface area is 213 Å². The molecule has 5 rings (SSSR count). The van der Waals surface area contributed by atoms with Gasteiger partial charge in [0, 0.05) is 0 Å². The fraction of sp³-hybridized carbons (Fsp3) is 0.138. The molecule has 0 bridgehead atoms. The van der Waals surface area contributed by atoms with Crippen LogP contribution in [0.2, 0.25) is 0 Å². The number of hydrogen-bond acceptors (Lipinski definition) is 6. The summed E-state index contributed by atoms with van der Waals surface area (Å²) in [4.78, 5) is 38.6. The molecule has 1 saturated heterocycles. The fourth-order valence-corrected chi connectivity index (χ4v) is 4.05. The summed E-state index contributed by atoms with van der Waals surface area (Å²) >= 11 is 0. The van der Waals surface area contributed by atoms with Crippen LogP contribution in [0.3, 0.4) is 0 Å². The molecule has 37 heavy (non-hydrogen) atoms. The molecule has 8 heteroatoms. The first-order valence-electron chi connectivity index (χ1n) is 11.8. The third-order valence-corrected chi connectivity index (χ3v) is 5.87. The van der Waals surface area contributed by atoms with E-state index in [1.807, 2.05) is 25.1 Å². The molecule has 1 aromatic heterocycles. The van der Waals surface area contributed by atoms with Gasteiger partial charge in [0.25, 0.3) is 11.8 Å². The Kier molecular flexibility index (Phi) is 6.72. The zero-order valence-corrected chi connectivity index (χ0v) is 20.1. The summed E-state index contributed by atoms with van der Waals surface area (Å²) in [7, 11) is 0. The average molecular weight is 497 g/mol. The fourth-order valence-electron chi connectivity index (χ4n) is 4.05. The van der Waals surface area contributed by atoms with Crippen LogP contribution in [0.4, 0.5) is 4.79 Å². The van der Waals surface area contributed by atoms with Gasteiger partial charge in [0.2, 0.25) is 0 Å². The van der Waals surface area contributed by atoms with Gasteiger partial charge in [0.1, 0.15) is 17.9 Å². The van der Waals surface area contributed by atoms with E-state index in [0.29, 0.717) is 36.0 Å². The normalized spacial score (nSPS) is 14.8. The molecule has 0 saturated carbocycles. The molecule has 0 radical (unpaired) electrons.